The number of phenols is 1. The smallest absolute Gasteiger partial charge is 0.298 e. The van der Waals surface area contributed by atoms with Gasteiger partial charge in [0.2, 0.25) is 0 Å². The van der Waals surface area contributed by atoms with Gasteiger partial charge in [0.1, 0.15) is 0 Å². The molecule has 1 aliphatic heterocycles. The minimum Gasteiger partial charge on any atom is -0.504 e. The topological polar surface area (TPSA) is 66.8 Å². The third-order valence-electron chi connectivity index (χ3n) is 3.90. The number of carbonyl (C=O) groups is 2. The van der Waals surface area contributed by atoms with Gasteiger partial charge in [-0.15, -0.1) is 0 Å². The summed E-state index contributed by atoms with van der Waals surface area (Å²) in [6.45, 7) is 2.05. The lowest BCUT2D eigenvalue weighted by Crippen LogP contribution is -2.27. The maximum Gasteiger partial charge on any atom is 0.298 e. The minimum atomic E-state index is -0.355. The molecule has 0 radical (unpaired) electrons. The van der Waals surface area contributed by atoms with E-state index in [2.05, 4.69) is 0 Å². The Hall–Kier alpha value is -2.73. The highest BCUT2D eigenvalue weighted by atomic mass is 32.2. The summed E-state index contributed by atoms with van der Waals surface area (Å²) in [6.07, 6.45) is 2.51. The molecule has 128 valence electrons. The second kappa shape index (κ2) is 7.03. The molecule has 2 aromatic rings. The molecule has 1 N–H and O–H groups in total. The molecule has 0 bridgehead atoms. The van der Waals surface area contributed by atoms with Crippen LogP contribution in [0, 0.1) is 0 Å². The van der Waals surface area contributed by atoms with E-state index in [-0.39, 0.29) is 16.9 Å². The number of phenolic OH excluding ortho intramolecular Hbond substituents is 1. The molecule has 2 amide bonds. The maximum atomic E-state index is 12.6. The average Bonchev–Trinajstić information content (AvgIpc) is 2.90. The highest BCUT2D eigenvalue weighted by Crippen LogP contribution is 2.36. The van der Waals surface area contributed by atoms with E-state index in [0.29, 0.717) is 21.9 Å². The molecule has 0 unspecified atom stereocenters. The van der Waals surface area contributed by atoms with E-state index >= 15 is 0 Å². The normalized spacial score (nSPS) is 15.9. The van der Waals surface area contributed by atoms with Crippen LogP contribution in [-0.4, -0.2) is 23.4 Å². The fourth-order valence-corrected chi connectivity index (χ4v) is 3.35. The van der Waals surface area contributed by atoms with E-state index in [9.17, 15) is 14.7 Å². The van der Waals surface area contributed by atoms with Crippen molar-refractivity contribution in [3.05, 3.63) is 58.5 Å². The van der Waals surface area contributed by atoms with Crippen molar-refractivity contribution >= 4 is 34.7 Å². The van der Waals surface area contributed by atoms with Crippen LogP contribution in [0.25, 0.3) is 6.08 Å². The first-order valence-corrected chi connectivity index (χ1v) is 8.59. The van der Waals surface area contributed by atoms with Crippen LogP contribution < -0.4 is 9.64 Å². The van der Waals surface area contributed by atoms with E-state index in [0.717, 1.165) is 23.7 Å². The van der Waals surface area contributed by atoms with Crippen LogP contribution in [0.4, 0.5) is 10.5 Å². The van der Waals surface area contributed by atoms with Crippen LogP contribution in [-0.2, 0) is 11.2 Å². The SMILES string of the molecule is CCc1ccc(N2C(=O)S/C(=C\c3ccc(O)c(OC)c3)C2=O)cc1. The van der Waals surface area contributed by atoms with Crippen LogP contribution in [0.5, 0.6) is 11.5 Å². The van der Waals surface area contributed by atoms with E-state index in [4.69, 9.17) is 4.74 Å². The Bertz CT molecular complexity index is 858. The summed E-state index contributed by atoms with van der Waals surface area (Å²) in [5.74, 6) is -0.0295. The number of amides is 2. The minimum absolute atomic E-state index is 0.0174. The maximum absolute atomic E-state index is 12.6. The van der Waals surface area contributed by atoms with Gasteiger partial charge in [0.25, 0.3) is 11.1 Å². The third-order valence-corrected chi connectivity index (χ3v) is 4.77. The molecule has 0 spiro atoms. The lowest BCUT2D eigenvalue weighted by atomic mass is 10.1. The average molecular weight is 355 g/mol. The molecule has 25 heavy (non-hydrogen) atoms. The van der Waals surface area contributed by atoms with E-state index in [1.165, 1.54) is 18.1 Å². The van der Waals surface area contributed by atoms with Gasteiger partial charge in [0.05, 0.1) is 17.7 Å². The van der Waals surface area contributed by atoms with Crippen molar-refractivity contribution in [1.29, 1.82) is 0 Å². The van der Waals surface area contributed by atoms with Crippen molar-refractivity contribution < 1.29 is 19.4 Å². The molecule has 2 aromatic carbocycles. The summed E-state index contributed by atoms with van der Waals surface area (Å²) < 4.78 is 5.06. The Morgan fingerprint density at radius 2 is 1.88 bits per heavy atom. The molecule has 0 saturated carbocycles. The molecule has 1 aliphatic rings. The summed E-state index contributed by atoms with van der Waals surface area (Å²) in [5, 5.41) is 9.32. The number of methoxy groups -OCH3 is 1. The number of hydrogen-bond donors (Lipinski definition) is 1. The number of ether oxygens (including phenoxy) is 1. The Morgan fingerprint density at radius 1 is 1.16 bits per heavy atom. The molecule has 3 rings (SSSR count). The summed E-state index contributed by atoms with van der Waals surface area (Å²) in [7, 11) is 1.45. The van der Waals surface area contributed by atoms with Gasteiger partial charge >= 0.3 is 0 Å². The number of rotatable bonds is 4. The zero-order chi connectivity index (χ0) is 18.0. The molecule has 0 atom stereocenters. The number of carbonyl (C=O) groups excluding carboxylic acids is 2. The standard InChI is InChI=1S/C19H17NO4S/c1-3-12-4-7-14(8-5-12)20-18(22)17(25-19(20)23)11-13-6-9-15(21)16(10-13)24-2/h4-11,21H,3H2,1-2H3/b17-11-. The van der Waals surface area contributed by atoms with Crippen LogP contribution in [0.15, 0.2) is 47.4 Å². The molecule has 1 heterocycles. The first-order valence-electron chi connectivity index (χ1n) is 7.77. The fraction of sp³-hybridized carbons (Fsp3) is 0.158. The molecule has 6 heteroatoms. The number of aryl methyl sites for hydroxylation is 1. The summed E-state index contributed by atoms with van der Waals surface area (Å²) in [6, 6.07) is 12.1. The largest absolute Gasteiger partial charge is 0.504 e. The van der Waals surface area contributed by atoms with Crippen molar-refractivity contribution in [3.8, 4) is 11.5 Å². The van der Waals surface area contributed by atoms with Crippen molar-refractivity contribution in [1.82, 2.24) is 0 Å². The van der Waals surface area contributed by atoms with Gasteiger partial charge < -0.3 is 9.84 Å². The molecule has 0 aromatic heterocycles. The number of hydrogen-bond acceptors (Lipinski definition) is 5. The monoisotopic (exact) mass is 355 g/mol. The van der Waals surface area contributed by atoms with Crippen LogP contribution in [0.2, 0.25) is 0 Å². The zero-order valence-electron chi connectivity index (χ0n) is 13.9. The highest BCUT2D eigenvalue weighted by molar-refractivity contribution is 8.19. The van der Waals surface area contributed by atoms with Gasteiger partial charge in [-0.2, -0.15) is 0 Å². The highest BCUT2D eigenvalue weighted by Gasteiger charge is 2.36. The third kappa shape index (κ3) is 3.39. The Balaban J connectivity index is 1.90. The number of thioether (sulfide) groups is 1. The molecular weight excluding hydrogens is 338 g/mol. The predicted molar refractivity (Wildman–Crippen MR) is 98.9 cm³/mol. The lowest BCUT2D eigenvalue weighted by molar-refractivity contribution is -0.113. The van der Waals surface area contributed by atoms with E-state index in [1.54, 1.807) is 30.3 Å². The van der Waals surface area contributed by atoms with Crippen molar-refractivity contribution in [3.63, 3.8) is 0 Å². The Labute approximate surface area is 149 Å². The van der Waals surface area contributed by atoms with Crippen molar-refractivity contribution in [2.75, 3.05) is 12.0 Å². The molecular formula is C19H17NO4S. The molecule has 1 saturated heterocycles. The van der Waals surface area contributed by atoms with Gasteiger partial charge in [-0.3, -0.25) is 9.59 Å². The fourth-order valence-electron chi connectivity index (χ4n) is 2.51. The number of aromatic hydroxyl groups is 1. The number of anilines is 1. The summed E-state index contributed by atoms with van der Waals surface area (Å²) in [5.41, 5.74) is 2.37. The van der Waals surface area contributed by atoms with Gasteiger partial charge in [0.15, 0.2) is 11.5 Å². The second-order valence-electron chi connectivity index (χ2n) is 5.47. The first-order chi connectivity index (χ1) is 12.0. The van der Waals surface area contributed by atoms with Crippen LogP contribution >= 0.6 is 11.8 Å². The first kappa shape index (κ1) is 17.1. The predicted octanol–water partition coefficient (Wildman–Crippen LogP) is 4.20. The molecule has 5 nitrogen and oxygen atoms in total. The van der Waals surface area contributed by atoms with E-state index in [1.807, 2.05) is 19.1 Å². The van der Waals surface area contributed by atoms with Gasteiger partial charge in [0, 0.05) is 0 Å². The summed E-state index contributed by atoms with van der Waals surface area (Å²) in [4.78, 5) is 26.4. The Kier molecular flexibility index (Phi) is 4.81. The summed E-state index contributed by atoms with van der Waals surface area (Å²) >= 11 is 0.894. The second-order valence-corrected chi connectivity index (χ2v) is 6.46. The van der Waals surface area contributed by atoms with Crippen molar-refractivity contribution in [2.24, 2.45) is 0 Å². The lowest BCUT2D eigenvalue weighted by Gasteiger charge is -2.12. The number of benzene rings is 2. The van der Waals surface area contributed by atoms with Gasteiger partial charge in [-0.25, -0.2) is 4.90 Å². The molecule has 0 aliphatic carbocycles. The van der Waals surface area contributed by atoms with Crippen LogP contribution in [0.1, 0.15) is 18.1 Å². The Morgan fingerprint density at radius 3 is 2.52 bits per heavy atom. The number of nitrogens with zero attached hydrogens (tertiary/aromatic N) is 1. The van der Waals surface area contributed by atoms with Gasteiger partial charge in [-0.1, -0.05) is 25.1 Å². The zero-order valence-corrected chi connectivity index (χ0v) is 14.7. The van der Waals surface area contributed by atoms with Crippen LogP contribution in [0.3, 0.4) is 0 Å². The molecule has 1 fully saturated rings. The van der Waals surface area contributed by atoms with Crippen molar-refractivity contribution in [2.45, 2.75) is 13.3 Å². The van der Waals surface area contributed by atoms with E-state index < -0.39 is 0 Å². The van der Waals surface area contributed by atoms with Gasteiger partial charge in [-0.05, 0) is 59.7 Å². The quantitative estimate of drug-likeness (QED) is 0.833. The number of imide groups is 1.